The maximum atomic E-state index is 12.2. The molecule has 0 fully saturated rings. The zero-order valence-corrected chi connectivity index (χ0v) is 12.8. The highest BCUT2D eigenvalue weighted by molar-refractivity contribution is 7.10. The summed E-state index contributed by atoms with van der Waals surface area (Å²) >= 11 is 1.55. The number of methoxy groups -OCH3 is 1. The highest BCUT2D eigenvalue weighted by Crippen LogP contribution is 2.33. The molecule has 0 saturated heterocycles. The first-order valence-corrected chi connectivity index (χ1v) is 7.85. The van der Waals surface area contributed by atoms with Gasteiger partial charge in [-0.15, -0.1) is 11.3 Å². The number of carboxylic acid groups (broad SMARTS) is 1. The number of fused-ring (bicyclic) bond motifs is 1. The van der Waals surface area contributed by atoms with E-state index in [4.69, 9.17) is 4.74 Å². The summed E-state index contributed by atoms with van der Waals surface area (Å²) in [7, 11) is 1.64. The molecule has 0 spiro atoms. The average Bonchev–Trinajstić information content (AvgIpc) is 2.93. The summed E-state index contributed by atoms with van der Waals surface area (Å²) in [6.45, 7) is 1.63. The van der Waals surface area contributed by atoms with Crippen molar-refractivity contribution in [2.45, 2.75) is 25.3 Å². The smallest absolute Gasteiger partial charge is 0.331 e. The number of carbonyl (C=O) groups is 2. The summed E-state index contributed by atoms with van der Waals surface area (Å²) in [5.74, 6) is -0.983. The molecule has 1 aromatic heterocycles. The van der Waals surface area contributed by atoms with Gasteiger partial charge in [0, 0.05) is 31.7 Å². The number of nitrogens with zero attached hydrogens (tertiary/aromatic N) is 1. The Hall–Kier alpha value is -1.60. The zero-order valence-electron chi connectivity index (χ0n) is 12.0. The fraction of sp³-hybridized carbons (Fsp3) is 0.571. The van der Waals surface area contributed by atoms with E-state index in [1.54, 1.807) is 24.5 Å². The van der Waals surface area contributed by atoms with E-state index in [0.29, 0.717) is 26.1 Å². The SMILES string of the molecule is COCCCCNC(=O)N1CCc2sccc2C1C(=O)O. The molecular formula is C14H20N2O4S. The Balaban J connectivity index is 1.95. The highest BCUT2D eigenvalue weighted by Gasteiger charge is 2.36. The molecule has 1 aliphatic rings. The molecule has 0 bridgehead atoms. The average molecular weight is 312 g/mol. The predicted octanol–water partition coefficient (Wildman–Crippen LogP) is 1.87. The van der Waals surface area contributed by atoms with Crippen LogP contribution in [0.25, 0.3) is 0 Å². The Labute approximate surface area is 127 Å². The third kappa shape index (κ3) is 3.74. The third-order valence-corrected chi connectivity index (χ3v) is 4.51. The first-order chi connectivity index (χ1) is 10.1. The Kier molecular flexibility index (Phi) is 5.58. The van der Waals surface area contributed by atoms with Crippen LogP contribution >= 0.6 is 11.3 Å². The number of carboxylic acids is 1. The molecule has 2 rings (SSSR count). The lowest BCUT2D eigenvalue weighted by molar-refractivity contribution is -0.142. The lowest BCUT2D eigenvalue weighted by Crippen LogP contribution is -2.48. The van der Waals surface area contributed by atoms with Crippen LogP contribution in [0.15, 0.2) is 11.4 Å². The number of hydrogen-bond acceptors (Lipinski definition) is 4. The fourth-order valence-corrected chi connectivity index (χ4v) is 3.37. The van der Waals surface area contributed by atoms with Gasteiger partial charge >= 0.3 is 12.0 Å². The van der Waals surface area contributed by atoms with Gasteiger partial charge in [0.05, 0.1) is 0 Å². The quantitative estimate of drug-likeness (QED) is 0.786. The van der Waals surface area contributed by atoms with E-state index in [-0.39, 0.29) is 6.03 Å². The van der Waals surface area contributed by atoms with Gasteiger partial charge in [0.1, 0.15) is 0 Å². The number of thiophene rings is 1. The Morgan fingerprint density at radius 1 is 1.52 bits per heavy atom. The van der Waals surface area contributed by atoms with Crippen LogP contribution in [0, 0.1) is 0 Å². The van der Waals surface area contributed by atoms with E-state index < -0.39 is 12.0 Å². The van der Waals surface area contributed by atoms with Gasteiger partial charge in [0.2, 0.25) is 0 Å². The van der Waals surface area contributed by atoms with Gasteiger partial charge in [-0.2, -0.15) is 0 Å². The molecule has 7 heteroatoms. The maximum Gasteiger partial charge on any atom is 0.331 e. The van der Waals surface area contributed by atoms with Crippen molar-refractivity contribution in [3.63, 3.8) is 0 Å². The van der Waals surface area contributed by atoms with E-state index >= 15 is 0 Å². The molecule has 0 radical (unpaired) electrons. The van der Waals surface area contributed by atoms with Crippen LogP contribution in [0.1, 0.15) is 29.3 Å². The van der Waals surface area contributed by atoms with Gasteiger partial charge in [0.25, 0.3) is 0 Å². The first-order valence-electron chi connectivity index (χ1n) is 6.97. The Morgan fingerprint density at radius 3 is 3.05 bits per heavy atom. The lowest BCUT2D eigenvalue weighted by Gasteiger charge is -2.33. The van der Waals surface area contributed by atoms with Crippen LogP contribution < -0.4 is 5.32 Å². The number of urea groups is 1. The molecule has 1 aliphatic heterocycles. The minimum absolute atomic E-state index is 0.309. The second-order valence-corrected chi connectivity index (χ2v) is 5.92. The summed E-state index contributed by atoms with van der Waals surface area (Å²) in [6.07, 6.45) is 2.40. The second-order valence-electron chi connectivity index (χ2n) is 4.92. The summed E-state index contributed by atoms with van der Waals surface area (Å²) < 4.78 is 4.94. The van der Waals surface area contributed by atoms with Crippen molar-refractivity contribution in [1.82, 2.24) is 10.2 Å². The normalized spacial score (nSPS) is 17.4. The number of hydrogen-bond donors (Lipinski definition) is 2. The number of aliphatic carboxylic acids is 1. The van der Waals surface area contributed by atoms with Gasteiger partial charge in [0.15, 0.2) is 6.04 Å². The molecule has 1 unspecified atom stereocenters. The van der Waals surface area contributed by atoms with E-state index in [0.717, 1.165) is 23.3 Å². The van der Waals surface area contributed by atoms with E-state index in [1.807, 2.05) is 5.38 Å². The molecule has 1 aromatic rings. The van der Waals surface area contributed by atoms with Crippen molar-refractivity contribution < 1.29 is 19.4 Å². The molecule has 116 valence electrons. The molecule has 0 aromatic carbocycles. The zero-order chi connectivity index (χ0) is 15.2. The summed E-state index contributed by atoms with van der Waals surface area (Å²) in [5, 5.41) is 14.1. The predicted molar refractivity (Wildman–Crippen MR) is 79.6 cm³/mol. The van der Waals surface area contributed by atoms with Gasteiger partial charge in [-0.3, -0.25) is 0 Å². The number of carbonyl (C=O) groups excluding carboxylic acids is 1. The fourth-order valence-electron chi connectivity index (χ4n) is 2.47. The first kappa shape index (κ1) is 15.8. The molecular weight excluding hydrogens is 292 g/mol. The number of amides is 2. The van der Waals surface area contributed by atoms with Crippen molar-refractivity contribution in [2.24, 2.45) is 0 Å². The summed E-state index contributed by atoms with van der Waals surface area (Å²) in [5.41, 5.74) is 0.744. The minimum atomic E-state index is -0.983. The van der Waals surface area contributed by atoms with E-state index in [2.05, 4.69) is 5.32 Å². The topological polar surface area (TPSA) is 78.9 Å². The second kappa shape index (κ2) is 7.42. The molecule has 2 heterocycles. The van der Waals surface area contributed by atoms with Gasteiger partial charge in [-0.25, -0.2) is 9.59 Å². The van der Waals surface area contributed by atoms with Crippen molar-refractivity contribution in [2.75, 3.05) is 26.8 Å². The van der Waals surface area contributed by atoms with Crippen LogP contribution in [-0.4, -0.2) is 48.8 Å². The number of ether oxygens (including phenoxy) is 1. The Bertz CT molecular complexity index is 503. The molecule has 2 N–H and O–H groups in total. The van der Waals surface area contributed by atoms with Crippen molar-refractivity contribution in [3.8, 4) is 0 Å². The van der Waals surface area contributed by atoms with Gasteiger partial charge in [-0.05, 0) is 36.3 Å². The minimum Gasteiger partial charge on any atom is -0.479 e. The van der Waals surface area contributed by atoms with Crippen LogP contribution in [0.2, 0.25) is 0 Å². The third-order valence-electron chi connectivity index (χ3n) is 3.51. The van der Waals surface area contributed by atoms with Crippen LogP contribution in [0.3, 0.4) is 0 Å². The van der Waals surface area contributed by atoms with Crippen LogP contribution in [0.5, 0.6) is 0 Å². The largest absolute Gasteiger partial charge is 0.479 e. The highest BCUT2D eigenvalue weighted by atomic mass is 32.1. The van der Waals surface area contributed by atoms with Crippen molar-refractivity contribution in [3.05, 3.63) is 21.9 Å². The molecule has 6 nitrogen and oxygen atoms in total. The van der Waals surface area contributed by atoms with Gasteiger partial charge in [-0.1, -0.05) is 0 Å². The Morgan fingerprint density at radius 2 is 2.33 bits per heavy atom. The number of rotatable bonds is 6. The lowest BCUT2D eigenvalue weighted by atomic mass is 10.0. The van der Waals surface area contributed by atoms with Crippen molar-refractivity contribution in [1.29, 1.82) is 0 Å². The van der Waals surface area contributed by atoms with Crippen LogP contribution in [0.4, 0.5) is 4.79 Å². The van der Waals surface area contributed by atoms with Crippen molar-refractivity contribution >= 4 is 23.3 Å². The monoisotopic (exact) mass is 312 g/mol. The molecule has 2 amide bonds. The van der Waals surface area contributed by atoms with E-state index in [9.17, 15) is 14.7 Å². The molecule has 0 aliphatic carbocycles. The van der Waals surface area contributed by atoms with E-state index in [1.165, 1.54) is 4.90 Å². The molecule has 1 atom stereocenters. The van der Waals surface area contributed by atoms with Gasteiger partial charge < -0.3 is 20.1 Å². The molecule has 21 heavy (non-hydrogen) atoms. The summed E-state index contributed by atoms with van der Waals surface area (Å²) in [4.78, 5) is 26.2. The number of nitrogens with one attached hydrogen (secondary N) is 1. The molecule has 0 saturated carbocycles. The van der Waals surface area contributed by atoms with Crippen LogP contribution in [-0.2, 0) is 16.0 Å². The standard InChI is InChI=1S/C14H20N2O4S/c1-20-8-3-2-6-15-14(19)16-7-4-11-10(5-9-21-11)12(16)13(17)18/h5,9,12H,2-4,6-8H2,1H3,(H,15,19)(H,17,18). The number of unbranched alkanes of at least 4 members (excludes halogenated alkanes) is 1. The maximum absolute atomic E-state index is 12.2. The summed E-state index contributed by atoms with van der Waals surface area (Å²) in [6, 6.07) is 0.618.